The molecule has 0 saturated heterocycles. The van der Waals surface area contributed by atoms with Crippen molar-refractivity contribution in [3.63, 3.8) is 0 Å². The van der Waals surface area contributed by atoms with E-state index in [1.54, 1.807) is 6.92 Å². The van der Waals surface area contributed by atoms with Crippen LogP contribution in [0.2, 0.25) is 0 Å². The Hall–Kier alpha value is -2.49. The molecule has 1 aliphatic heterocycles. The van der Waals surface area contributed by atoms with Gasteiger partial charge < -0.3 is 14.7 Å². The van der Waals surface area contributed by atoms with Crippen molar-refractivity contribution < 1.29 is 14.7 Å². The summed E-state index contributed by atoms with van der Waals surface area (Å²) in [5, 5.41) is 12.0. The Bertz CT molecular complexity index is 667. The molecule has 1 aliphatic rings. The molecule has 2 aromatic carbocycles. The van der Waals surface area contributed by atoms with Gasteiger partial charge in [0.2, 0.25) is 0 Å². The van der Waals surface area contributed by atoms with Crippen molar-refractivity contribution in [2.24, 2.45) is 5.16 Å². The van der Waals surface area contributed by atoms with E-state index in [0.717, 1.165) is 17.1 Å². The van der Waals surface area contributed by atoms with Gasteiger partial charge in [-0.05, 0) is 25.1 Å². The predicted molar refractivity (Wildman–Crippen MR) is 80.6 cm³/mol. The lowest BCUT2D eigenvalue weighted by Crippen LogP contribution is -2.11. The lowest BCUT2D eigenvalue weighted by atomic mass is 10.0. The van der Waals surface area contributed by atoms with Gasteiger partial charge in [-0.2, -0.15) is 0 Å². The predicted octanol–water partition coefficient (Wildman–Crippen LogP) is 3.44. The molecule has 3 rings (SSSR count). The molecule has 108 valence electrons. The van der Waals surface area contributed by atoms with Crippen molar-refractivity contribution >= 4 is 5.71 Å². The molecule has 0 spiro atoms. The minimum Gasteiger partial charge on any atom is -0.493 e. The van der Waals surface area contributed by atoms with Gasteiger partial charge >= 0.3 is 0 Å². The molecule has 4 heteroatoms. The molecule has 0 aromatic heterocycles. The first kappa shape index (κ1) is 13.5. The third-order valence-corrected chi connectivity index (χ3v) is 3.65. The zero-order valence-corrected chi connectivity index (χ0v) is 11.8. The molecule has 0 bridgehead atoms. The maximum atomic E-state index is 8.82. The minimum atomic E-state index is 0.248. The third-order valence-electron chi connectivity index (χ3n) is 3.65. The fourth-order valence-corrected chi connectivity index (χ4v) is 2.43. The summed E-state index contributed by atoms with van der Waals surface area (Å²) in [5.41, 5.74) is 2.61. The molecule has 1 unspecified atom stereocenters. The first-order valence-electron chi connectivity index (χ1n) is 6.91. The standard InChI is InChI=1S/C17H17NO3/c1-12(18-19)13-5-4-6-15(9-13)20-10-14-11-21-17-8-3-2-7-16(14)17/h2-9,14,19H,10-11H2,1H3. The van der Waals surface area contributed by atoms with Crippen molar-refractivity contribution in [3.8, 4) is 11.5 Å². The molecule has 0 saturated carbocycles. The number of oxime groups is 1. The highest BCUT2D eigenvalue weighted by molar-refractivity contribution is 5.98. The van der Waals surface area contributed by atoms with Crippen LogP contribution in [0.25, 0.3) is 0 Å². The van der Waals surface area contributed by atoms with Crippen LogP contribution in [-0.4, -0.2) is 24.1 Å². The Morgan fingerprint density at radius 3 is 3.00 bits per heavy atom. The largest absolute Gasteiger partial charge is 0.493 e. The number of fused-ring (bicyclic) bond motifs is 1. The molecular formula is C17H17NO3. The molecule has 0 fully saturated rings. The second kappa shape index (κ2) is 5.87. The van der Waals surface area contributed by atoms with Crippen LogP contribution in [0.4, 0.5) is 0 Å². The third kappa shape index (κ3) is 2.84. The highest BCUT2D eigenvalue weighted by Gasteiger charge is 2.24. The number of para-hydroxylation sites is 1. The van der Waals surface area contributed by atoms with Gasteiger partial charge in [0.25, 0.3) is 0 Å². The minimum absolute atomic E-state index is 0.248. The maximum Gasteiger partial charge on any atom is 0.123 e. The van der Waals surface area contributed by atoms with E-state index in [4.69, 9.17) is 14.7 Å². The van der Waals surface area contributed by atoms with Gasteiger partial charge in [0.15, 0.2) is 0 Å². The van der Waals surface area contributed by atoms with Gasteiger partial charge in [0.05, 0.1) is 24.8 Å². The molecule has 4 nitrogen and oxygen atoms in total. The topological polar surface area (TPSA) is 51.1 Å². The van der Waals surface area contributed by atoms with E-state index in [2.05, 4.69) is 11.2 Å². The number of ether oxygens (including phenoxy) is 2. The first-order valence-corrected chi connectivity index (χ1v) is 6.91. The van der Waals surface area contributed by atoms with E-state index < -0.39 is 0 Å². The highest BCUT2D eigenvalue weighted by atomic mass is 16.5. The van der Waals surface area contributed by atoms with Gasteiger partial charge in [-0.15, -0.1) is 0 Å². The van der Waals surface area contributed by atoms with Crippen LogP contribution in [0.3, 0.4) is 0 Å². The molecule has 21 heavy (non-hydrogen) atoms. The van der Waals surface area contributed by atoms with Crippen LogP contribution >= 0.6 is 0 Å². The van der Waals surface area contributed by atoms with E-state index in [0.29, 0.717) is 18.9 Å². The van der Waals surface area contributed by atoms with E-state index in [9.17, 15) is 0 Å². The quantitative estimate of drug-likeness (QED) is 0.531. The highest BCUT2D eigenvalue weighted by Crippen LogP contribution is 2.33. The lowest BCUT2D eigenvalue weighted by Gasteiger charge is -2.12. The maximum absolute atomic E-state index is 8.82. The summed E-state index contributed by atoms with van der Waals surface area (Å²) < 4.78 is 11.5. The SMILES string of the molecule is CC(=NO)c1cccc(OCC2COc3ccccc32)c1. The van der Waals surface area contributed by atoms with Crippen LogP contribution in [-0.2, 0) is 0 Å². The number of rotatable bonds is 4. The average Bonchev–Trinajstić information content (AvgIpc) is 2.95. The molecule has 1 heterocycles. The molecule has 0 aliphatic carbocycles. The Morgan fingerprint density at radius 2 is 2.14 bits per heavy atom. The second-order valence-electron chi connectivity index (χ2n) is 5.07. The van der Waals surface area contributed by atoms with Crippen LogP contribution in [0.1, 0.15) is 24.0 Å². The summed E-state index contributed by atoms with van der Waals surface area (Å²) in [6.07, 6.45) is 0. The molecule has 1 N–H and O–H groups in total. The summed E-state index contributed by atoms with van der Waals surface area (Å²) in [6.45, 7) is 2.96. The Balaban J connectivity index is 1.69. The average molecular weight is 283 g/mol. The van der Waals surface area contributed by atoms with E-state index in [-0.39, 0.29) is 5.92 Å². The van der Waals surface area contributed by atoms with Crippen molar-refractivity contribution in [1.82, 2.24) is 0 Å². The van der Waals surface area contributed by atoms with E-state index >= 15 is 0 Å². The van der Waals surface area contributed by atoms with Crippen molar-refractivity contribution in [2.75, 3.05) is 13.2 Å². The van der Waals surface area contributed by atoms with Crippen LogP contribution in [0.5, 0.6) is 11.5 Å². The van der Waals surface area contributed by atoms with Crippen LogP contribution in [0.15, 0.2) is 53.7 Å². The van der Waals surface area contributed by atoms with Gasteiger partial charge in [-0.3, -0.25) is 0 Å². The van der Waals surface area contributed by atoms with Crippen molar-refractivity contribution in [1.29, 1.82) is 0 Å². The molecule has 0 radical (unpaired) electrons. The molecule has 1 atom stereocenters. The number of hydrogen-bond acceptors (Lipinski definition) is 4. The molecular weight excluding hydrogens is 266 g/mol. The van der Waals surface area contributed by atoms with E-state index in [1.165, 1.54) is 5.56 Å². The zero-order chi connectivity index (χ0) is 14.7. The summed E-state index contributed by atoms with van der Waals surface area (Å²) in [5.74, 6) is 1.96. The van der Waals surface area contributed by atoms with Crippen molar-refractivity contribution in [3.05, 3.63) is 59.7 Å². The summed E-state index contributed by atoms with van der Waals surface area (Å²) in [7, 11) is 0. The fourth-order valence-electron chi connectivity index (χ4n) is 2.43. The Morgan fingerprint density at radius 1 is 1.29 bits per heavy atom. The normalized spacial score (nSPS) is 17.2. The summed E-state index contributed by atoms with van der Waals surface area (Å²) in [4.78, 5) is 0. The lowest BCUT2D eigenvalue weighted by molar-refractivity contribution is 0.248. The van der Waals surface area contributed by atoms with Gasteiger partial charge in [-0.1, -0.05) is 35.5 Å². The van der Waals surface area contributed by atoms with Gasteiger partial charge in [0, 0.05) is 11.1 Å². The Labute approximate surface area is 123 Å². The first-order chi connectivity index (χ1) is 10.3. The summed E-state index contributed by atoms with van der Waals surface area (Å²) in [6, 6.07) is 15.6. The fraction of sp³-hybridized carbons (Fsp3) is 0.235. The van der Waals surface area contributed by atoms with Crippen LogP contribution < -0.4 is 9.47 Å². The zero-order valence-electron chi connectivity index (χ0n) is 11.8. The Kier molecular flexibility index (Phi) is 3.77. The number of nitrogens with zero attached hydrogens (tertiary/aromatic N) is 1. The molecule has 2 aromatic rings. The van der Waals surface area contributed by atoms with Gasteiger partial charge in [0.1, 0.15) is 11.5 Å². The second-order valence-corrected chi connectivity index (χ2v) is 5.07. The summed E-state index contributed by atoms with van der Waals surface area (Å²) >= 11 is 0. The van der Waals surface area contributed by atoms with E-state index in [1.807, 2.05) is 42.5 Å². The smallest absolute Gasteiger partial charge is 0.123 e. The van der Waals surface area contributed by atoms with Crippen LogP contribution in [0, 0.1) is 0 Å². The number of hydrogen-bond donors (Lipinski definition) is 1. The monoisotopic (exact) mass is 283 g/mol. The molecule has 0 amide bonds. The van der Waals surface area contributed by atoms with Crippen molar-refractivity contribution in [2.45, 2.75) is 12.8 Å². The number of benzene rings is 2. The van der Waals surface area contributed by atoms with Gasteiger partial charge in [-0.25, -0.2) is 0 Å².